The summed E-state index contributed by atoms with van der Waals surface area (Å²) in [7, 11) is 4.11. The summed E-state index contributed by atoms with van der Waals surface area (Å²) in [5, 5.41) is 4.31. The Morgan fingerprint density at radius 3 is 2.17 bits per heavy atom. The molecule has 1 fully saturated rings. The van der Waals surface area contributed by atoms with Gasteiger partial charge in [-0.25, -0.2) is 0 Å². The van der Waals surface area contributed by atoms with Crippen LogP contribution in [0.4, 0.5) is 11.4 Å². The molecule has 184 valence electrons. The number of pyridine rings is 1. The summed E-state index contributed by atoms with van der Waals surface area (Å²) in [6.07, 6.45) is 1.85. The molecule has 0 unspecified atom stereocenters. The molecule has 2 aromatic carbocycles. The maximum absolute atomic E-state index is 5.94. The second kappa shape index (κ2) is 9.43. The van der Waals surface area contributed by atoms with Gasteiger partial charge in [0.1, 0.15) is 0 Å². The molecular formula is C30H33N5S. The van der Waals surface area contributed by atoms with Crippen molar-refractivity contribution in [1.29, 1.82) is 0 Å². The molecule has 5 rings (SSSR count). The largest absolute Gasteiger partial charge is 0.378 e. The van der Waals surface area contributed by atoms with Gasteiger partial charge in [0.25, 0.3) is 0 Å². The van der Waals surface area contributed by atoms with Crippen LogP contribution in [0.3, 0.4) is 0 Å². The van der Waals surface area contributed by atoms with Gasteiger partial charge in [0.2, 0.25) is 0 Å². The normalized spacial score (nSPS) is 17.4. The van der Waals surface area contributed by atoms with Crippen molar-refractivity contribution in [3.8, 4) is 5.69 Å². The van der Waals surface area contributed by atoms with Gasteiger partial charge in [0.15, 0.2) is 5.11 Å². The highest BCUT2D eigenvalue weighted by Crippen LogP contribution is 2.44. The third kappa shape index (κ3) is 4.26. The number of nitrogens with one attached hydrogen (secondary N) is 1. The number of hydrogen-bond donors (Lipinski definition) is 1. The maximum atomic E-state index is 5.94. The number of aromatic nitrogens is 2. The summed E-state index contributed by atoms with van der Waals surface area (Å²) in [5.41, 5.74) is 10.6. The Kier molecular flexibility index (Phi) is 6.31. The van der Waals surface area contributed by atoms with E-state index < -0.39 is 0 Å². The average molecular weight is 496 g/mol. The van der Waals surface area contributed by atoms with Crippen LogP contribution in [0.5, 0.6) is 0 Å². The van der Waals surface area contributed by atoms with Crippen LogP contribution in [0.25, 0.3) is 5.69 Å². The van der Waals surface area contributed by atoms with Crippen LogP contribution < -0.4 is 15.1 Å². The fraction of sp³-hybridized carbons (Fsp3) is 0.267. The lowest BCUT2D eigenvalue weighted by Crippen LogP contribution is -2.29. The molecule has 0 bridgehead atoms. The monoisotopic (exact) mass is 495 g/mol. The Morgan fingerprint density at radius 2 is 1.56 bits per heavy atom. The number of thiocarbonyl (C=S) groups is 1. The van der Waals surface area contributed by atoms with Crippen LogP contribution in [0, 0.1) is 27.7 Å². The van der Waals surface area contributed by atoms with E-state index in [1.54, 1.807) is 0 Å². The number of benzene rings is 2. The molecule has 6 heteroatoms. The summed E-state index contributed by atoms with van der Waals surface area (Å²) in [5.74, 6) is 0. The minimum absolute atomic E-state index is 0.0385. The van der Waals surface area contributed by atoms with Gasteiger partial charge in [0.05, 0.1) is 17.8 Å². The van der Waals surface area contributed by atoms with E-state index in [4.69, 9.17) is 17.2 Å². The summed E-state index contributed by atoms with van der Waals surface area (Å²) in [6.45, 7) is 8.70. The summed E-state index contributed by atoms with van der Waals surface area (Å²) >= 11 is 5.94. The molecule has 2 atom stereocenters. The fourth-order valence-corrected chi connectivity index (χ4v) is 5.77. The first-order valence-electron chi connectivity index (χ1n) is 12.3. The smallest absolute Gasteiger partial charge is 0.174 e. The Bertz CT molecular complexity index is 1390. The molecule has 3 heterocycles. The van der Waals surface area contributed by atoms with Crippen molar-refractivity contribution < 1.29 is 0 Å². The number of aryl methyl sites for hydroxylation is 3. The molecule has 1 aliphatic rings. The quantitative estimate of drug-likeness (QED) is 0.327. The lowest BCUT2D eigenvalue weighted by Gasteiger charge is -2.28. The number of hydrogen-bond acceptors (Lipinski definition) is 3. The van der Waals surface area contributed by atoms with Crippen molar-refractivity contribution in [1.82, 2.24) is 14.9 Å². The van der Waals surface area contributed by atoms with Crippen molar-refractivity contribution in [2.45, 2.75) is 39.8 Å². The fourth-order valence-electron chi connectivity index (χ4n) is 5.42. The van der Waals surface area contributed by atoms with Crippen molar-refractivity contribution in [2.24, 2.45) is 0 Å². The molecule has 1 saturated heterocycles. The summed E-state index contributed by atoms with van der Waals surface area (Å²) < 4.78 is 2.36. The first kappa shape index (κ1) is 24.1. The summed E-state index contributed by atoms with van der Waals surface area (Å²) in [4.78, 5) is 9.07. The van der Waals surface area contributed by atoms with E-state index >= 15 is 0 Å². The Morgan fingerprint density at radius 1 is 0.861 bits per heavy atom. The molecule has 0 aliphatic carbocycles. The zero-order chi connectivity index (χ0) is 25.6. The standard InChI is InChI=1S/C30H33N5S/c1-19-15-20(2)17-25(16-19)34-21(3)18-26(22(34)4)29-28(27-9-7-8-14-31-27)32-30(36)35(29)24-12-10-23(11-13-24)33(5)6/h7-18,28-29H,1-6H3,(H,32,36)/t28-,29-/m0/s1. The topological polar surface area (TPSA) is 36.3 Å². The predicted molar refractivity (Wildman–Crippen MR) is 153 cm³/mol. The minimum atomic E-state index is -0.0691. The predicted octanol–water partition coefficient (Wildman–Crippen LogP) is 6.35. The van der Waals surface area contributed by atoms with Crippen LogP contribution in [0.1, 0.15) is 45.9 Å². The van der Waals surface area contributed by atoms with Gasteiger partial charge in [0, 0.05) is 48.7 Å². The molecule has 1 aliphatic heterocycles. The van der Waals surface area contributed by atoms with Crippen molar-refractivity contribution >= 4 is 28.7 Å². The van der Waals surface area contributed by atoms with E-state index in [9.17, 15) is 0 Å². The van der Waals surface area contributed by atoms with Gasteiger partial charge in [-0.05, 0) is 111 Å². The second-order valence-corrected chi connectivity index (χ2v) is 10.3. The number of rotatable bonds is 5. The zero-order valence-electron chi connectivity index (χ0n) is 21.8. The maximum Gasteiger partial charge on any atom is 0.174 e. The van der Waals surface area contributed by atoms with Gasteiger partial charge in [-0.2, -0.15) is 0 Å². The first-order valence-corrected chi connectivity index (χ1v) is 12.7. The molecule has 0 spiro atoms. The van der Waals surface area contributed by atoms with Gasteiger partial charge in [-0.3, -0.25) is 4.98 Å². The van der Waals surface area contributed by atoms with Crippen LogP contribution in [-0.2, 0) is 0 Å². The first-order chi connectivity index (χ1) is 17.2. The second-order valence-electron chi connectivity index (χ2n) is 9.92. The molecule has 1 N–H and O–H groups in total. The average Bonchev–Trinajstić information content (AvgIpc) is 3.34. The Hall–Kier alpha value is -3.64. The molecule has 5 nitrogen and oxygen atoms in total. The molecule has 2 aromatic heterocycles. The minimum Gasteiger partial charge on any atom is -0.378 e. The van der Waals surface area contributed by atoms with E-state index in [0.717, 1.165) is 17.1 Å². The number of nitrogens with zero attached hydrogens (tertiary/aromatic N) is 4. The van der Waals surface area contributed by atoms with Crippen LogP contribution >= 0.6 is 12.2 Å². The van der Waals surface area contributed by atoms with Crippen molar-refractivity contribution in [3.63, 3.8) is 0 Å². The molecule has 36 heavy (non-hydrogen) atoms. The van der Waals surface area contributed by atoms with Crippen LogP contribution in [0.2, 0.25) is 0 Å². The van der Waals surface area contributed by atoms with Crippen LogP contribution in [0.15, 0.2) is 72.9 Å². The van der Waals surface area contributed by atoms with Crippen molar-refractivity contribution in [2.75, 3.05) is 23.9 Å². The molecule has 0 saturated carbocycles. The third-order valence-corrected chi connectivity index (χ3v) is 7.31. The van der Waals surface area contributed by atoms with Crippen molar-refractivity contribution in [3.05, 3.63) is 107 Å². The van der Waals surface area contributed by atoms with E-state index in [1.807, 2.05) is 18.3 Å². The Labute approximate surface area is 219 Å². The van der Waals surface area contributed by atoms with E-state index in [-0.39, 0.29) is 12.1 Å². The molecule has 0 amide bonds. The lowest BCUT2D eigenvalue weighted by atomic mass is 9.96. The zero-order valence-corrected chi connectivity index (χ0v) is 22.6. The SMILES string of the molecule is Cc1cc(C)cc(-n2c(C)cc([C@H]3[C@H](c4ccccn4)NC(=S)N3c3ccc(N(C)C)cc3)c2C)c1. The number of anilines is 2. The third-order valence-electron chi connectivity index (χ3n) is 7.00. The van der Waals surface area contributed by atoms with E-state index in [0.29, 0.717) is 5.11 Å². The van der Waals surface area contributed by atoms with Gasteiger partial charge >= 0.3 is 0 Å². The van der Waals surface area contributed by atoms with E-state index in [1.165, 1.54) is 33.8 Å². The summed E-state index contributed by atoms with van der Waals surface area (Å²) in [6, 6.07) is 23.6. The highest BCUT2D eigenvalue weighted by Gasteiger charge is 2.42. The van der Waals surface area contributed by atoms with Gasteiger partial charge < -0.3 is 19.7 Å². The molecule has 0 radical (unpaired) electrons. The van der Waals surface area contributed by atoms with E-state index in [2.05, 4.69) is 116 Å². The van der Waals surface area contributed by atoms with Gasteiger partial charge in [-0.1, -0.05) is 12.1 Å². The molecule has 4 aromatic rings. The highest BCUT2D eigenvalue weighted by molar-refractivity contribution is 7.80. The van der Waals surface area contributed by atoms with Crippen LogP contribution in [-0.4, -0.2) is 28.8 Å². The molecular weight excluding hydrogens is 462 g/mol. The van der Waals surface area contributed by atoms with Gasteiger partial charge in [-0.15, -0.1) is 0 Å². The lowest BCUT2D eigenvalue weighted by molar-refractivity contribution is 0.565. The highest BCUT2D eigenvalue weighted by atomic mass is 32.1. The Balaban J connectivity index is 1.67.